The number of amides is 1. The third-order valence-corrected chi connectivity index (χ3v) is 4.15. The van der Waals surface area contributed by atoms with Gasteiger partial charge >= 0.3 is 0 Å². The molecule has 0 bridgehead atoms. The largest absolute Gasteiger partial charge is 0.493 e. The van der Waals surface area contributed by atoms with E-state index >= 15 is 0 Å². The van der Waals surface area contributed by atoms with Gasteiger partial charge in [0, 0.05) is 0 Å². The fourth-order valence-electron chi connectivity index (χ4n) is 2.68. The SMILES string of the molecule is CCOc1ccccc1OCC(=O)NC(C)c1ccc(OCC(C)C)c(OC)c1. The van der Waals surface area contributed by atoms with Crippen LogP contribution in [0.2, 0.25) is 0 Å². The summed E-state index contributed by atoms with van der Waals surface area (Å²) in [6, 6.07) is 12.8. The van der Waals surface area contributed by atoms with Crippen molar-refractivity contribution in [2.24, 2.45) is 5.92 Å². The van der Waals surface area contributed by atoms with E-state index in [4.69, 9.17) is 18.9 Å². The summed E-state index contributed by atoms with van der Waals surface area (Å²) in [4.78, 5) is 12.3. The van der Waals surface area contributed by atoms with Crippen LogP contribution in [0.15, 0.2) is 42.5 Å². The summed E-state index contributed by atoms with van der Waals surface area (Å²) in [5.74, 6) is 2.71. The molecule has 0 fully saturated rings. The lowest BCUT2D eigenvalue weighted by atomic mass is 10.1. The van der Waals surface area contributed by atoms with E-state index in [0.29, 0.717) is 42.1 Å². The van der Waals surface area contributed by atoms with Gasteiger partial charge < -0.3 is 24.3 Å². The molecule has 1 N–H and O–H groups in total. The predicted octanol–water partition coefficient (Wildman–Crippen LogP) is 4.38. The summed E-state index contributed by atoms with van der Waals surface area (Å²) in [6.45, 7) is 9.04. The lowest BCUT2D eigenvalue weighted by molar-refractivity contribution is -0.123. The average molecular weight is 402 g/mol. The average Bonchev–Trinajstić information content (AvgIpc) is 2.71. The van der Waals surface area contributed by atoms with Crippen molar-refractivity contribution in [2.45, 2.75) is 33.7 Å². The molecule has 1 amide bonds. The highest BCUT2D eigenvalue weighted by molar-refractivity contribution is 5.78. The molecule has 2 aromatic carbocycles. The molecule has 0 aliphatic rings. The van der Waals surface area contributed by atoms with Crippen LogP contribution < -0.4 is 24.3 Å². The molecule has 1 atom stereocenters. The van der Waals surface area contributed by atoms with Crippen molar-refractivity contribution in [2.75, 3.05) is 26.9 Å². The zero-order valence-corrected chi connectivity index (χ0v) is 17.9. The van der Waals surface area contributed by atoms with Crippen LogP contribution in [0.5, 0.6) is 23.0 Å². The van der Waals surface area contributed by atoms with Gasteiger partial charge in [0.1, 0.15) is 0 Å². The minimum Gasteiger partial charge on any atom is -0.493 e. The maximum Gasteiger partial charge on any atom is 0.258 e. The number of carbonyl (C=O) groups is 1. The number of para-hydroxylation sites is 2. The molecule has 0 saturated carbocycles. The first-order chi connectivity index (χ1) is 13.9. The van der Waals surface area contributed by atoms with Gasteiger partial charge in [-0.05, 0) is 49.6 Å². The molecule has 2 rings (SSSR count). The van der Waals surface area contributed by atoms with Gasteiger partial charge in [-0.2, -0.15) is 0 Å². The number of ether oxygens (including phenoxy) is 4. The summed E-state index contributed by atoms with van der Waals surface area (Å²) >= 11 is 0. The second-order valence-corrected chi connectivity index (χ2v) is 7.07. The van der Waals surface area contributed by atoms with Crippen LogP contribution in [0, 0.1) is 5.92 Å². The lowest BCUT2D eigenvalue weighted by Gasteiger charge is -2.18. The van der Waals surface area contributed by atoms with Crippen molar-refractivity contribution in [3.05, 3.63) is 48.0 Å². The highest BCUT2D eigenvalue weighted by atomic mass is 16.5. The van der Waals surface area contributed by atoms with Crippen LogP contribution in [0.1, 0.15) is 39.3 Å². The Morgan fingerprint density at radius 1 is 0.931 bits per heavy atom. The normalized spacial score (nSPS) is 11.7. The van der Waals surface area contributed by atoms with Gasteiger partial charge in [0.2, 0.25) is 0 Å². The summed E-state index contributed by atoms with van der Waals surface area (Å²) in [7, 11) is 1.61. The highest BCUT2D eigenvalue weighted by Crippen LogP contribution is 2.31. The third-order valence-electron chi connectivity index (χ3n) is 4.15. The Morgan fingerprint density at radius 3 is 2.21 bits per heavy atom. The molecule has 0 aromatic heterocycles. The number of methoxy groups -OCH3 is 1. The van der Waals surface area contributed by atoms with E-state index in [1.165, 1.54) is 0 Å². The van der Waals surface area contributed by atoms with Crippen LogP contribution in [-0.4, -0.2) is 32.8 Å². The van der Waals surface area contributed by atoms with Crippen molar-refractivity contribution in [3.8, 4) is 23.0 Å². The molecule has 2 aromatic rings. The molecule has 1 unspecified atom stereocenters. The molecule has 0 saturated heterocycles. The minimum absolute atomic E-state index is 0.0961. The molecule has 158 valence electrons. The van der Waals surface area contributed by atoms with Gasteiger partial charge in [-0.25, -0.2) is 0 Å². The Labute approximate surface area is 173 Å². The zero-order chi connectivity index (χ0) is 21.2. The van der Waals surface area contributed by atoms with Crippen molar-refractivity contribution in [1.82, 2.24) is 5.32 Å². The van der Waals surface area contributed by atoms with Gasteiger partial charge in [0.25, 0.3) is 5.91 Å². The van der Waals surface area contributed by atoms with Crippen molar-refractivity contribution >= 4 is 5.91 Å². The van der Waals surface area contributed by atoms with E-state index in [2.05, 4.69) is 19.2 Å². The monoisotopic (exact) mass is 401 g/mol. The van der Waals surface area contributed by atoms with Crippen LogP contribution in [0.25, 0.3) is 0 Å². The van der Waals surface area contributed by atoms with Gasteiger partial charge in [-0.15, -0.1) is 0 Å². The van der Waals surface area contributed by atoms with Gasteiger partial charge in [-0.1, -0.05) is 32.0 Å². The second kappa shape index (κ2) is 11.2. The first-order valence-corrected chi connectivity index (χ1v) is 9.89. The van der Waals surface area contributed by atoms with E-state index in [-0.39, 0.29) is 18.6 Å². The molecule has 0 aliphatic heterocycles. The number of carbonyl (C=O) groups excluding carboxylic acids is 1. The quantitative estimate of drug-likeness (QED) is 0.605. The molecule has 0 heterocycles. The number of hydrogen-bond donors (Lipinski definition) is 1. The van der Waals surface area contributed by atoms with Gasteiger partial charge in [-0.3, -0.25) is 4.79 Å². The minimum atomic E-state index is -0.220. The first kappa shape index (κ1) is 22.4. The van der Waals surface area contributed by atoms with Crippen molar-refractivity contribution in [3.63, 3.8) is 0 Å². The standard InChI is InChI=1S/C23H31NO5/c1-6-27-19-9-7-8-10-20(19)29-15-23(25)24-17(4)18-11-12-21(22(13-18)26-5)28-14-16(2)3/h7-13,16-17H,6,14-15H2,1-5H3,(H,24,25). The molecular weight excluding hydrogens is 370 g/mol. The van der Waals surface area contributed by atoms with Crippen LogP contribution in [-0.2, 0) is 4.79 Å². The molecule has 0 spiro atoms. The fraction of sp³-hybridized carbons (Fsp3) is 0.435. The number of rotatable bonds is 11. The predicted molar refractivity (Wildman–Crippen MR) is 113 cm³/mol. The fourth-order valence-corrected chi connectivity index (χ4v) is 2.68. The smallest absolute Gasteiger partial charge is 0.258 e. The molecule has 0 radical (unpaired) electrons. The Hall–Kier alpha value is -2.89. The molecule has 6 heteroatoms. The molecule has 6 nitrogen and oxygen atoms in total. The Kier molecular flexibility index (Phi) is 8.65. The third kappa shape index (κ3) is 6.89. The van der Waals surface area contributed by atoms with E-state index < -0.39 is 0 Å². The van der Waals surface area contributed by atoms with Gasteiger partial charge in [0.05, 0.1) is 26.4 Å². The van der Waals surface area contributed by atoms with E-state index in [1.54, 1.807) is 13.2 Å². The second-order valence-electron chi connectivity index (χ2n) is 7.07. The Bertz CT molecular complexity index is 791. The number of benzene rings is 2. The summed E-state index contributed by atoms with van der Waals surface area (Å²) in [6.07, 6.45) is 0. The highest BCUT2D eigenvalue weighted by Gasteiger charge is 2.14. The summed E-state index contributed by atoms with van der Waals surface area (Å²) in [5, 5.41) is 2.94. The van der Waals surface area contributed by atoms with E-state index in [1.807, 2.05) is 50.2 Å². The van der Waals surface area contributed by atoms with Crippen LogP contribution in [0.4, 0.5) is 0 Å². The first-order valence-electron chi connectivity index (χ1n) is 9.89. The lowest BCUT2D eigenvalue weighted by Crippen LogP contribution is -2.31. The summed E-state index contributed by atoms with van der Waals surface area (Å²) < 4.78 is 22.4. The molecular formula is C23H31NO5. The Morgan fingerprint density at radius 2 is 1.59 bits per heavy atom. The maximum atomic E-state index is 12.3. The number of nitrogens with one attached hydrogen (secondary N) is 1. The molecule has 0 aliphatic carbocycles. The van der Waals surface area contributed by atoms with E-state index in [0.717, 1.165) is 5.56 Å². The van der Waals surface area contributed by atoms with Crippen molar-refractivity contribution < 1.29 is 23.7 Å². The Balaban J connectivity index is 1.95. The van der Waals surface area contributed by atoms with Crippen molar-refractivity contribution in [1.29, 1.82) is 0 Å². The number of hydrogen-bond acceptors (Lipinski definition) is 5. The topological polar surface area (TPSA) is 66.0 Å². The summed E-state index contributed by atoms with van der Waals surface area (Å²) in [5.41, 5.74) is 0.918. The maximum absolute atomic E-state index is 12.3. The van der Waals surface area contributed by atoms with E-state index in [9.17, 15) is 4.79 Å². The molecule has 29 heavy (non-hydrogen) atoms. The zero-order valence-electron chi connectivity index (χ0n) is 17.9. The van der Waals surface area contributed by atoms with Crippen LogP contribution in [0.3, 0.4) is 0 Å². The van der Waals surface area contributed by atoms with Crippen LogP contribution >= 0.6 is 0 Å². The van der Waals surface area contributed by atoms with Gasteiger partial charge in [0.15, 0.2) is 29.6 Å².